The van der Waals surface area contributed by atoms with Crippen LogP contribution in [0.25, 0.3) is 0 Å². The van der Waals surface area contributed by atoms with E-state index in [1.165, 1.54) is 12.8 Å². The lowest BCUT2D eigenvalue weighted by Gasteiger charge is -2.34. The Morgan fingerprint density at radius 3 is 2.70 bits per heavy atom. The number of rotatable bonds is 5. The first kappa shape index (κ1) is 13.6. The van der Waals surface area contributed by atoms with Crippen LogP contribution >= 0.6 is 0 Å². The molecule has 3 rings (SSSR count). The Kier molecular flexibility index (Phi) is 4.05. The maximum absolute atomic E-state index is 9.65. The lowest BCUT2D eigenvalue weighted by molar-refractivity contribution is 0.110. The van der Waals surface area contributed by atoms with Gasteiger partial charge in [-0.25, -0.2) is 9.97 Å². The van der Waals surface area contributed by atoms with Crippen LogP contribution < -0.4 is 10.2 Å². The zero-order valence-corrected chi connectivity index (χ0v) is 12.1. The average Bonchev–Trinajstić information content (AvgIpc) is 3.30. The minimum Gasteiger partial charge on any atom is -0.393 e. The second-order valence-electron chi connectivity index (χ2n) is 6.15. The summed E-state index contributed by atoms with van der Waals surface area (Å²) in [4.78, 5) is 11.0. The Labute approximate surface area is 120 Å². The molecule has 0 aromatic carbocycles. The fourth-order valence-corrected chi connectivity index (χ4v) is 2.80. The standard InChI is InChI=1S/C15H24N4O/c1-11(20)13-4-6-19(7-5-13)15-8-14(17-10-18-15)16-9-12-2-3-12/h8,10-13,20H,2-7,9H2,1H3,(H,16,17,18)/t11-/m0/s1. The van der Waals surface area contributed by atoms with Crippen LogP contribution in [0.3, 0.4) is 0 Å². The SMILES string of the molecule is C[C@H](O)C1CCN(c2cc(NCC3CC3)ncn2)CC1. The molecule has 2 aliphatic rings. The highest BCUT2D eigenvalue weighted by Gasteiger charge is 2.24. The molecule has 5 nitrogen and oxygen atoms in total. The van der Waals surface area contributed by atoms with Crippen molar-refractivity contribution in [3.63, 3.8) is 0 Å². The van der Waals surface area contributed by atoms with Gasteiger partial charge in [-0.05, 0) is 44.4 Å². The zero-order valence-electron chi connectivity index (χ0n) is 12.1. The number of hydrogen-bond acceptors (Lipinski definition) is 5. The Hall–Kier alpha value is -1.36. The minimum atomic E-state index is -0.196. The van der Waals surface area contributed by atoms with Crippen LogP contribution in [0.5, 0.6) is 0 Å². The Morgan fingerprint density at radius 1 is 1.30 bits per heavy atom. The molecule has 0 radical (unpaired) electrons. The van der Waals surface area contributed by atoms with E-state index in [0.29, 0.717) is 5.92 Å². The van der Waals surface area contributed by atoms with Gasteiger partial charge >= 0.3 is 0 Å². The largest absolute Gasteiger partial charge is 0.393 e. The summed E-state index contributed by atoms with van der Waals surface area (Å²) in [7, 11) is 0. The molecule has 1 saturated carbocycles. The molecule has 5 heteroatoms. The number of hydrogen-bond donors (Lipinski definition) is 2. The van der Waals surface area contributed by atoms with Crippen LogP contribution in [0.2, 0.25) is 0 Å². The highest BCUT2D eigenvalue weighted by Crippen LogP contribution is 2.29. The smallest absolute Gasteiger partial charge is 0.134 e. The fourth-order valence-electron chi connectivity index (χ4n) is 2.80. The van der Waals surface area contributed by atoms with E-state index in [1.807, 2.05) is 13.0 Å². The maximum Gasteiger partial charge on any atom is 0.134 e. The summed E-state index contributed by atoms with van der Waals surface area (Å²) in [5.74, 6) is 3.21. The molecule has 20 heavy (non-hydrogen) atoms. The average molecular weight is 276 g/mol. The van der Waals surface area contributed by atoms with Crippen molar-refractivity contribution in [1.82, 2.24) is 9.97 Å². The quantitative estimate of drug-likeness (QED) is 0.860. The van der Waals surface area contributed by atoms with Gasteiger partial charge in [0.1, 0.15) is 18.0 Å². The number of nitrogens with zero attached hydrogens (tertiary/aromatic N) is 3. The van der Waals surface area contributed by atoms with E-state index in [-0.39, 0.29) is 6.10 Å². The molecule has 0 bridgehead atoms. The second kappa shape index (κ2) is 5.95. The van der Waals surface area contributed by atoms with E-state index in [2.05, 4.69) is 20.2 Å². The molecular formula is C15H24N4O. The number of piperidine rings is 1. The Balaban J connectivity index is 1.57. The van der Waals surface area contributed by atoms with Crippen molar-refractivity contribution in [3.05, 3.63) is 12.4 Å². The monoisotopic (exact) mass is 276 g/mol. The van der Waals surface area contributed by atoms with E-state index < -0.39 is 0 Å². The molecule has 110 valence electrons. The van der Waals surface area contributed by atoms with Crippen LogP contribution in [0.4, 0.5) is 11.6 Å². The van der Waals surface area contributed by atoms with Crippen molar-refractivity contribution in [1.29, 1.82) is 0 Å². The molecule has 0 unspecified atom stereocenters. The summed E-state index contributed by atoms with van der Waals surface area (Å²) in [6.07, 6.45) is 6.21. The lowest BCUT2D eigenvalue weighted by Crippen LogP contribution is -2.37. The molecule has 1 aliphatic heterocycles. The molecule has 1 saturated heterocycles. The second-order valence-corrected chi connectivity index (χ2v) is 6.15. The minimum absolute atomic E-state index is 0.196. The lowest BCUT2D eigenvalue weighted by atomic mass is 9.92. The Morgan fingerprint density at radius 2 is 2.05 bits per heavy atom. The van der Waals surface area contributed by atoms with Gasteiger partial charge in [0.15, 0.2) is 0 Å². The summed E-state index contributed by atoms with van der Waals surface area (Å²) in [5, 5.41) is 13.0. The van der Waals surface area contributed by atoms with Gasteiger partial charge in [-0.2, -0.15) is 0 Å². The molecule has 1 aliphatic carbocycles. The predicted octanol–water partition coefficient (Wildman–Crippen LogP) is 1.90. The van der Waals surface area contributed by atoms with Crippen molar-refractivity contribution in [2.24, 2.45) is 11.8 Å². The van der Waals surface area contributed by atoms with E-state index >= 15 is 0 Å². The molecule has 1 aromatic rings. The van der Waals surface area contributed by atoms with Gasteiger partial charge in [0.25, 0.3) is 0 Å². The third-order valence-corrected chi connectivity index (χ3v) is 4.47. The first-order valence-electron chi connectivity index (χ1n) is 7.71. The molecular weight excluding hydrogens is 252 g/mol. The molecule has 1 atom stereocenters. The van der Waals surface area contributed by atoms with Crippen molar-refractivity contribution >= 4 is 11.6 Å². The normalized spacial score (nSPS) is 21.8. The zero-order chi connectivity index (χ0) is 13.9. The third kappa shape index (κ3) is 3.39. The van der Waals surface area contributed by atoms with Crippen molar-refractivity contribution in [3.8, 4) is 0 Å². The number of aliphatic hydroxyl groups excluding tert-OH is 1. The molecule has 2 fully saturated rings. The van der Waals surface area contributed by atoms with Gasteiger partial charge in [0.2, 0.25) is 0 Å². The summed E-state index contributed by atoms with van der Waals surface area (Å²) in [6, 6.07) is 2.05. The van der Waals surface area contributed by atoms with Gasteiger partial charge in [-0.15, -0.1) is 0 Å². The van der Waals surface area contributed by atoms with Crippen molar-refractivity contribution < 1.29 is 5.11 Å². The van der Waals surface area contributed by atoms with Gasteiger partial charge < -0.3 is 15.3 Å². The van der Waals surface area contributed by atoms with Crippen LogP contribution in [0.1, 0.15) is 32.6 Å². The first-order valence-corrected chi connectivity index (χ1v) is 7.71. The number of aromatic nitrogens is 2. The van der Waals surface area contributed by atoms with Crippen LogP contribution in [-0.2, 0) is 0 Å². The molecule has 0 amide bonds. The van der Waals surface area contributed by atoms with Gasteiger partial charge in [0, 0.05) is 25.7 Å². The summed E-state index contributed by atoms with van der Waals surface area (Å²) in [6.45, 7) is 4.86. The fraction of sp³-hybridized carbons (Fsp3) is 0.733. The summed E-state index contributed by atoms with van der Waals surface area (Å²) >= 11 is 0. The molecule has 2 heterocycles. The van der Waals surface area contributed by atoms with E-state index in [1.54, 1.807) is 6.33 Å². The van der Waals surface area contributed by atoms with E-state index in [4.69, 9.17) is 0 Å². The van der Waals surface area contributed by atoms with Gasteiger partial charge in [0.05, 0.1) is 6.10 Å². The van der Waals surface area contributed by atoms with Crippen LogP contribution in [0, 0.1) is 11.8 Å². The number of anilines is 2. The highest BCUT2D eigenvalue weighted by molar-refractivity contribution is 5.48. The highest BCUT2D eigenvalue weighted by atomic mass is 16.3. The maximum atomic E-state index is 9.65. The predicted molar refractivity (Wildman–Crippen MR) is 79.9 cm³/mol. The van der Waals surface area contributed by atoms with E-state index in [0.717, 1.165) is 50.0 Å². The Bertz CT molecular complexity index is 439. The first-order chi connectivity index (χ1) is 9.72. The molecule has 2 N–H and O–H groups in total. The van der Waals surface area contributed by atoms with Crippen molar-refractivity contribution in [2.45, 2.75) is 38.7 Å². The topological polar surface area (TPSA) is 61.3 Å². The van der Waals surface area contributed by atoms with Crippen LogP contribution in [-0.4, -0.2) is 40.8 Å². The third-order valence-electron chi connectivity index (χ3n) is 4.47. The molecule has 1 aromatic heterocycles. The summed E-state index contributed by atoms with van der Waals surface area (Å²) in [5.41, 5.74) is 0. The summed E-state index contributed by atoms with van der Waals surface area (Å²) < 4.78 is 0. The number of nitrogens with one attached hydrogen (secondary N) is 1. The van der Waals surface area contributed by atoms with Gasteiger partial charge in [-0.3, -0.25) is 0 Å². The number of aliphatic hydroxyl groups is 1. The van der Waals surface area contributed by atoms with Crippen LogP contribution in [0.15, 0.2) is 12.4 Å². The molecule has 0 spiro atoms. The van der Waals surface area contributed by atoms with Gasteiger partial charge in [-0.1, -0.05) is 0 Å². The van der Waals surface area contributed by atoms with E-state index in [9.17, 15) is 5.11 Å². The van der Waals surface area contributed by atoms with Crippen molar-refractivity contribution in [2.75, 3.05) is 29.9 Å².